The largest absolute Gasteiger partial charge is 0.478 e. The van der Waals surface area contributed by atoms with Crippen LogP contribution in [0.15, 0.2) is 24.3 Å². The van der Waals surface area contributed by atoms with Crippen molar-refractivity contribution >= 4 is 11.9 Å². The van der Waals surface area contributed by atoms with Gasteiger partial charge < -0.3 is 9.84 Å². The number of esters is 1. The number of ether oxygens (including phenoxy) is 1. The minimum absolute atomic E-state index is 0.0495. The van der Waals surface area contributed by atoms with Gasteiger partial charge in [0, 0.05) is 0 Å². The minimum atomic E-state index is -1.14. The molecule has 0 heterocycles. The summed E-state index contributed by atoms with van der Waals surface area (Å²) in [5.41, 5.74) is 0.0185. The van der Waals surface area contributed by atoms with Gasteiger partial charge in [-0.05, 0) is 25.5 Å². The highest BCUT2D eigenvalue weighted by Crippen LogP contribution is 2.10. The number of hydrogen-bond acceptors (Lipinski definition) is 3. The highest BCUT2D eigenvalue weighted by atomic mass is 16.5. The molecule has 0 saturated heterocycles. The lowest BCUT2D eigenvalue weighted by atomic mass is 10.1. The normalized spacial score (nSPS) is 9.67. The molecule has 0 saturated carbocycles. The Morgan fingerprint density at radius 2 is 1.87 bits per heavy atom. The lowest BCUT2D eigenvalue weighted by Gasteiger charge is -2.05. The van der Waals surface area contributed by atoms with Crippen LogP contribution in [-0.2, 0) is 4.74 Å². The van der Waals surface area contributed by atoms with E-state index in [0.29, 0.717) is 6.42 Å². The first-order chi connectivity index (χ1) is 7.16. The molecule has 4 heteroatoms. The second-order valence-corrected chi connectivity index (χ2v) is 2.84. The van der Waals surface area contributed by atoms with Crippen LogP contribution in [-0.4, -0.2) is 23.7 Å². The van der Waals surface area contributed by atoms with E-state index in [2.05, 4.69) is 6.92 Å². The Morgan fingerprint density at radius 1 is 1.27 bits per heavy atom. The van der Waals surface area contributed by atoms with Gasteiger partial charge in [-0.1, -0.05) is 12.1 Å². The standard InChI is InChI=1S/C11H11O4/c1-2-7-15-11(14)9-6-4-3-5-8(9)10(12)13/h3-6H,1-2,7H2,(H,12,13). The highest BCUT2D eigenvalue weighted by Gasteiger charge is 2.16. The van der Waals surface area contributed by atoms with E-state index in [9.17, 15) is 9.59 Å². The molecule has 79 valence electrons. The molecule has 1 rings (SSSR count). The molecule has 1 N–H and O–H groups in total. The Balaban J connectivity index is 2.92. The number of hydrogen-bond donors (Lipinski definition) is 1. The summed E-state index contributed by atoms with van der Waals surface area (Å²) in [6, 6.07) is 5.94. The van der Waals surface area contributed by atoms with E-state index < -0.39 is 11.9 Å². The number of benzene rings is 1. The Kier molecular flexibility index (Phi) is 3.85. The van der Waals surface area contributed by atoms with Gasteiger partial charge in [0.15, 0.2) is 0 Å². The van der Waals surface area contributed by atoms with Crippen molar-refractivity contribution in [3.05, 3.63) is 42.3 Å². The van der Waals surface area contributed by atoms with Gasteiger partial charge in [0.1, 0.15) is 0 Å². The molecule has 0 bridgehead atoms. The fourth-order valence-corrected chi connectivity index (χ4v) is 1.09. The van der Waals surface area contributed by atoms with Gasteiger partial charge in [0.25, 0.3) is 0 Å². The van der Waals surface area contributed by atoms with Gasteiger partial charge in [-0.2, -0.15) is 0 Å². The van der Waals surface area contributed by atoms with Crippen molar-refractivity contribution in [3.63, 3.8) is 0 Å². The molecule has 0 unspecified atom stereocenters. The molecule has 0 fully saturated rings. The zero-order chi connectivity index (χ0) is 11.3. The third kappa shape index (κ3) is 2.80. The Morgan fingerprint density at radius 3 is 2.40 bits per heavy atom. The molecule has 0 aliphatic heterocycles. The van der Waals surface area contributed by atoms with E-state index in [1.54, 1.807) is 12.1 Å². The van der Waals surface area contributed by atoms with E-state index in [0.717, 1.165) is 0 Å². The third-order valence-electron chi connectivity index (χ3n) is 1.75. The van der Waals surface area contributed by atoms with Gasteiger partial charge in [-0.15, -0.1) is 0 Å². The zero-order valence-electron chi connectivity index (χ0n) is 8.10. The fourth-order valence-electron chi connectivity index (χ4n) is 1.09. The van der Waals surface area contributed by atoms with Gasteiger partial charge >= 0.3 is 11.9 Å². The van der Waals surface area contributed by atoms with E-state index in [1.165, 1.54) is 12.1 Å². The summed E-state index contributed by atoms with van der Waals surface area (Å²) >= 11 is 0. The second-order valence-electron chi connectivity index (χ2n) is 2.84. The van der Waals surface area contributed by atoms with Crippen LogP contribution in [0.25, 0.3) is 0 Å². The molecule has 1 radical (unpaired) electrons. The first kappa shape index (κ1) is 11.2. The number of carbonyl (C=O) groups excluding carboxylic acids is 1. The summed E-state index contributed by atoms with van der Waals surface area (Å²) in [6.07, 6.45) is 0.459. The molecule has 1 aromatic carbocycles. The topological polar surface area (TPSA) is 63.6 Å². The van der Waals surface area contributed by atoms with E-state index in [1.807, 2.05) is 0 Å². The van der Waals surface area contributed by atoms with Gasteiger partial charge in [-0.25, -0.2) is 9.59 Å². The van der Waals surface area contributed by atoms with Crippen molar-refractivity contribution in [2.24, 2.45) is 0 Å². The number of carbonyl (C=O) groups is 2. The van der Waals surface area contributed by atoms with Crippen LogP contribution in [0.2, 0.25) is 0 Å². The van der Waals surface area contributed by atoms with E-state index >= 15 is 0 Å². The smallest absolute Gasteiger partial charge is 0.339 e. The predicted octanol–water partition coefficient (Wildman–Crippen LogP) is 1.77. The Bertz CT molecular complexity index is 371. The fraction of sp³-hybridized carbons (Fsp3) is 0.182. The monoisotopic (exact) mass is 207 g/mol. The zero-order valence-corrected chi connectivity index (χ0v) is 8.10. The Labute approximate surface area is 87.5 Å². The summed E-state index contributed by atoms with van der Waals surface area (Å²) in [6.45, 7) is 3.70. The van der Waals surface area contributed by atoms with Gasteiger partial charge in [-0.3, -0.25) is 0 Å². The summed E-state index contributed by atoms with van der Waals surface area (Å²) in [7, 11) is 0. The quantitative estimate of drug-likeness (QED) is 0.764. The molecule has 0 atom stereocenters. The number of rotatable bonds is 4. The van der Waals surface area contributed by atoms with Crippen LogP contribution < -0.4 is 0 Å². The van der Waals surface area contributed by atoms with Gasteiger partial charge in [0.2, 0.25) is 0 Å². The van der Waals surface area contributed by atoms with E-state index in [-0.39, 0.29) is 17.7 Å². The maximum absolute atomic E-state index is 11.4. The molecule has 0 aromatic heterocycles. The summed E-state index contributed by atoms with van der Waals surface area (Å²) in [5.74, 6) is -1.77. The van der Waals surface area contributed by atoms with Crippen molar-refractivity contribution < 1.29 is 19.4 Å². The second kappa shape index (κ2) is 5.14. The Hall–Kier alpha value is -1.84. The van der Waals surface area contributed by atoms with Gasteiger partial charge in [0.05, 0.1) is 17.7 Å². The molecular formula is C11H11O4. The lowest BCUT2D eigenvalue weighted by molar-refractivity contribution is 0.0500. The molecule has 15 heavy (non-hydrogen) atoms. The van der Waals surface area contributed by atoms with Crippen LogP contribution in [0, 0.1) is 6.92 Å². The molecular weight excluding hydrogens is 196 g/mol. The van der Waals surface area contributed by atoms with E-state index in [4.69, 9.17) is 9.84 Å². The highest BCUT2D eigenvalue weighted by molar-refractivity contribution is 6.02. The first-order valence-electron chi connectivity index (χ1n) is 4.45. The summed E-state index contributed by atoms with van der Waals surface area (Å²) in [5, 5.41) is 8.82. The molecule has 1 aromatic rings. The molecule has 0 spiro atoms. The van der Waals surface area contributed by atoms with Crippen molar-refractivity contribution in [1.82, 2.24) is 0 Å². The van der Waals surface area contributed by atoms with Crippen LogP contribution in [0.3, 0.4) is 0 Å². The molecule has 0 aliphatic carbocycles. The molecule has 0 aliphatic rings. The number of aromatic carboxylic acids is 1. The predicted molar refractivity (Wildman–Crippen MR) is 53.7 cm³/mol. The summed E-state index contributed by atoms with van der Waals surface area (Å²) < 4.78 is 4.80. The molecule has 0 amide bonds. The van der Waals surface area contributed by atoms with Crippen molar-refractivity contribution in [2.45, 2.75) is 6.42 Å². The van der Waals surface area contributed by atoms with Crippen molar-refractivity contribution in [3.8, 4) is 0 Å². The van der Waals surface area contributed by atoms with Crippen LogP contribution in [0.4, 0.5) is 0 Å². The minimum Gasteiger partial charge on any atom is -0.478 e. The SMILES string of the molecule is [CH2]CCOC(=O)c1ccccc1C(=O)O. The third-order valence-corrected chi connectivity index (χ3v) is 1.75. The van der Waals surface area contributed by atoms with Crippen LogP contribution >= 0.6 is 0 Å². The average molecular weight is 207 g/mol. The number of carboxylic acids is 1. The van der Waals surface area contributed by atoms with Crippen LogP contribution in [0.5, 0.6) is 0 Å². The lowest BCUT2D eigenvalue weighted by Crippen LogP contribution is -2.11. The molecule has 4 nitrogen and oxygen atoms in total. The van der Waals surface area contributed by atoms with Crippen molar-refractivity contribution in [1.29, 1.82) is 0 Å². The average Bonchev–Trinajstić information content (AvgIpc) is 2.25. The van der Waals surface area contributed by atoms with Crippen LogP contribution in [0.1, 0.15) is 27.1 Å². The van der Waals surface area contributed by atoms with Crippen molar-refractivity contribution in [2.75, 3.05) is 6.61 Å². The maximum Gasteiger partial charge on any atom is 0.339 e. The summed E-state index contributed by atoms with van der Waals surface area (Å²) in [4.78, 5) is 22.2. The number of carboxylic acid groups (broad SMARTS) is 1. The maximum atomic E-state index is 11.4. The first-order valence-corrected chi connectivity index (χ1v) is 4.45.